The third-order valence-electron chi connectivity index (χ3n) is 6.22. The largest absolute Gasteiger partial charge is 0.460 e. The monoisotopic (exact) mass is 421 g/mol. The van der Waals surface area contributed by atoms with Crippen LogP contribution in [0.15, 0.2) is 65.1 Å². The minimum Gasteiger partial charge on any atom is -0.460 e. The van der Waals surface area contributed by atoms with Crippen LogP contribution in [0.2, 0.25) is 0 Å². The fourth-order valence-corrected chi connectivity index (χ4v) is 4.72. The third-order valence-corrected chi connectivity index (χ3v) is 6.22. The zero-order chi connectivity index (χ0) is 22.6. The Morgan fingerprint density at radius 2 is 1.66 bits per heavy atom. The first-order valence-corrected chi connectivity index (χ1v) is 11.6. The van der Waals surface area contributed by atoms with E-state index in [1.54, 1.807) is 0 Å². The van der Waals surface area contributed by atoms with Gasteiger partial charge in [-0.15, -0.1) is 0 Å². The lowest BCUT2D eigenvalue weighted by Gasteiger charge is -2.23. The first-order chi connectivity index (χ1) is 15.2. The zero-order valence-corrected chi connectivity index (χ0v) is 19.9. The fourth-order valence-electron chi connectivity index (χ4n) is 4.72. The topological polar surface area (TPSA) is 26.0 Å². The second-order valence-corrected chi connectivity index (χ2v) is 10.5. The van der Waals surface area contributed by atoms with Crippen LogP contribution in [0.25, 0.3) is 43.9 Å². The van der Waals surface area contributed by atoms with Gasteiger partial charge in [-0.2, -0.15) is 0 Å². The standard InChI is InChI=1S/C30H31NO/c1-18(2)13-22-17-25-28(31-27-12-11-19(3)14-24(27)29(25)32-22)21-15-20-9-7-8-10-23(20)26(16-21)30(4,5)6/h7-12,14-18H,13H2,1-6H3. The van der Waals surface area contributed by atoms with Gasteiger partial charge in [0.1, 0.15) is 11.3 Å². The number of hydrogen-bond donors (Lipinski definition) is 0. The molecule has 162 valence electrons. The molecule has 3 aromatic carbocycles. The Balaban J connectivity index is 1.86. The number of nitrogens with zero attached hydrogens (tertiary/aromatic N) is 1. The molecule has 2 heterocycles. The van der Waals surface area contributed by atoms with E-state index in [0.29, 0.717) is 5.92 Å². The Labute approximate surface area is 190 Å². The van der Waals surface area contributed by atoms with E-state index >= 15 is 0 Å². The van der Waals surface area contributed by atoms with E-state index in [4.69, 9.17) is 9.40 Å². The molecule has 0 aliphatic carbocycles. The van der Waals surface area contributed by atoms with Crippen LogP contribution in [0.4, 0.5) is 0 Å². The van der Waals surface area contributed by atoms with Crippen molar-refractivity contribution in [2.24, 2.45) is 5.92 Å². The SMILES string of the molecule is Cc1ccc2nc(-c3cc(C(C)(C)C)c4ccccc4c3)c3cc(CC(C)C)oc3c2c1. The predicted octanol–water partition coefficient (Wildman–Crippen LogP) is 8.61. The predicted molar refractivity (Wildman–Crippen MR) is 136 cm³/mol. The van der Waals surface area contributed by atoms with Crippen molar-refractivity contribution in [1.82, 2.24) is 4.98 Å². The molecule has 0 bridgehead atoms. The van der Waals surface area contributed by atoms with Crippen LogP contribution < -0.4 is 0 Å². The Hall–Kier alpha value is -3.13. The van der Waals surface area contributed by atoms with Gasteiger partial charge in [0.05, 0.1) is 11.2 Å². The van der Waals surface area contributed by atoms with E-state index < -0.39 is 0 Å². The molecule has 0 aliphatic heterocycles. The van der Waals surface area contributed by atoms with E-state index in [1.807, 2.05) is 0 Å². The summed E-state index contributed by atoms with van der Waals surface area (Å²) in [7, 11) is 0. The van der Waals surface area contributed by atoms with Crippen molar-refractivity contribution >= 4 is 32.6 Å². The highest BCUT2D eigenvalue weighted by molar-refractivity contribution is 6.09. The number of fused-ring (bicyclic) bond motifs is 4. The number of aromatic nitrogens is 1. The molecular formula is C30H31NO. The second-order valence-electron chi connectivity index (χ2n) is 10.5. The molecule has 0 amide bonds. The molecule has 0 aliphatic rings. The second kappa shape index (κ2) is 7.48. The molecular weight excluding hydrogens is 390 g/mol. The Bertz CT molecular complexity index is 1460. The van der Waals surface area contributed by atoms with Crippen LogP contribution in [0.3, 0.4) is 0 Å². The highest BCUT2D eigenvalue weighted by atomic mass is 16.3. The molecule has 2 aromatic heterocycles. The van der Waals surface area contributed by atoms with Gasteiger partial charge in [-0.3, -0.25) is 0 Å². The van der Waals surface area contributed by atoms with E-state index in [-0.39, 0.29) is 5.41 Å². The van der Waals surface area contributed by atoms with E-state index in [9.17, 15) is 0 Å². The Kier molecular flexibility index (Phi) is 4.85. The number of aryl methyl sites for hydroxylation is 1. The normalized spacial score (nSPS) is 12.5. The van der Waals surface area contributed by atoms with Crippen LogP contribution in [0, 0.1) is 12.8 Å². The molecule has 32 heavy (non-hydrogen) atoms. The average Bonchev–Trinajstić information content (AvgIpc) is 3.15. The molecule has 2 heteroatoms. The molecule has 0 saturated carbocycles. The Morgan fingerprint density at radius 1 is 0.875 bits per heavy atom. The minimum absolute atomic E-state index is 0.0297. The van der Waals surface area contributed by atoms with Crippen molar-refractivity contribution in [2.75, 3.05) is 0 Å². The smallest absolute Gasteiger partial charge is 0.145 e. The van der Waals surface area contributed by atoms with Gasteiger partial charge in [-0.05, 0) is 64.9 Å². The summed E-state index contributed by atoms with van der Waals surface area (Å²) in [5, 5.41) is 4.76. The summed E-state index contributed by atoms with van der Waals surface area (Å²) in [6, 6.07) is 21.9. The summed E-state index contributed by atoms with van der Waals surface area (Å²) >= 11 is 0. The van der Waals surface area contributed by atoms with Crippen LogP contribution in [0.5, 0.6) is 0 Å². The highest BCUT2D eigenvalue weighted by Crippen LogP contribution is 2.39. The van der Waals surface area contributed by atoms with Crippen LogP contribution in [0.1, 0.15) is 51.5 Å². The molecule has 2 nitrogen and oxygen atoms in total. The lowest BCUT2D eigenvalue weighted by atomic mass is 9.82. The van der Waals surface area contributed by atoms with Gasteiger partial charge >= 0.3 is 0 Å². The van der Waals surface area contributed by atoms with Crippen molar-refractivity contribution in [2.45, 2.75) is 53.4 Å². The average molecular weight is 422 g/mol. The first-order valence-electron chi connectivity index (χ1n) is 11.6. The van der Waals surface area contributed by atoms with Crippen molar-refractivity contribution in [3.63, 3.8) is 0 Å². The van der Waals surface area contributed by atoms with E-state index in [2.05, 4.69) is 102 Å². The molecule has 0 atom stereocenters. The maximum atomic E-state index is 6.45. The first kappa shape index (κ1) is 20.8. The molecule has 0 spiro atoms. The van der Waals surface area contributed by atoms with Crippen molar-refractivity contribution < 1.29 is 4.42 Å². The van der Waals surface area contributed by atoms with Crippen molar-refractivity contribution in [3.8, 4) is 11.3 Å². The van der Waals surface area contributed by atoms with E-state index in [0.717, 1.165) is 45.3 Å². The molecule has 5 aromatic rings. The number of benzene rings is 3. The molecule has 0 fully saturated rings. The van der Waals surface area contributed by atoms with Gasteiger partial charge < -0.3 is 4.42 Å². The summed E-state index contributed by atoms with van der Waals surface area (Å²) in [6.07, 6.45) is 0.923. The molecule has 0 radical (unpaired) electrons. The lowest BCUT2D eigenvalue weighted by molar-refractivity contribution is 0.501. The number of hydrogen-bond acceptors (Lipinski definition) is 2. The van der Waals surface area contributed by atoms with Crippen molar-refractivity contribution in [1.29, 1.82) is 0 Å². The summed E-state index contributed by atoms with van der Waals surface area (Å²) in [5.41, 5.74) is 6.68. The number of furan rings is 1. The summed E-state index contributed by atoms with van der Waals surface area (Å²) < 4.78 is 6.45. The third kappa shape index (κ3) is 3.58. The number of rotatable bonds is 3. The zero-order valence-electron chi connectivity index (χ0n) is 19.9. The maximum absolute atomic E-state index is 6.45. The highest BCUT2D eigenvalue weighted by Gasteiger charge is 2.21. The molecule has 5 rings (SSSR count). The molecule has 0 N–H and O–H groups in total. The Morgan fingerprint density at radius 3 is 2.41 bits per heavy atom. The van der Waals surface area contributed by atoms with Crippen molar-refractivity contribution in [3.05, 3.63) is 77.6 Å². The maximum Gasteiger partial charge on any atom is 0.145 e. The van der Waals surface area contributed by atoms with Gasteiger partial charge in [0.25, 0.3) is 0 Å². The van der Waals surface area contributed by atoms with Gasteiger partial charge in [0.15, 0.2) is 0 Å². The van der Waals surface area contributed by atoms with E-state index in [1.165, 1.54) is 21.9 Å². The molecule has 0 saturated heterocycles. The lowest BCUT2D eigenvalue weighted by Crippen LogP contribution is -2.12. The summed E-state index contributed by atoms with van der Waals surface area (Å²) in [4.78, 5) is 5.18. The van der Waals surface area contributed by atoms with Crippen LogP contribution in [-0.4, -0.2) is 4.98 Å². The van der Waals surface area contributed by atoms with Gasteiger partial charge in [-0.25, -0.2) is 4.98 Å². The summed E-state index contributed by atoms with van der Waals surface area (Å²) in [5.74, 6) is 1.57. The van der Waals surface area contributed by atoms with Gasteiger partial charge in [0.2, 0.25) is 0 Å². The minimum atomic E-state index is 0.0297. The molecule has 0 unspecified atom stereocenters. The van der Waals surface area contributed by atoms with Crippen LogP contribution >= 0.6 is 0 Å². The quantitative estimate of drug-likeness (QED) is 0.291. The van der Waals surface area contributed by atoms with Gasteiger partial charge in [-0.1, -0.05) is 70.5 Å². The number of pyridine rings is 1. The fraction of sp³-hybridized carbons (Fsp3) is 0.300. The summed E-state index contributed by atoms with van der Waals surface area (Å²) in [6.45, 7) is 13.4. The van der Waals surface area contributed by atoms with Crippen LogP contribution in [-0.2, 0) is 11.8 Å². The van der Waals surface area contributed by atoms with Gasteiger partial charge in [0, 0.05) is 22.8 Å².